The smallest absolute Gasteiger partial charge is 0.228 e. The lowest BCUT2D eigenvalue weighted by Gasteiger charge is -2.17. The quantitative estimate of drug-likeness (QED) is 0.898. The molecule has 4 heteroatoms. The molecule has 0 radical (unpaired) electrons. The molecule has 24 heavy (non-hydrogen) atoms. The van der Waals surface area contributed by atoms with Gasteiger partial charge in [0.15, 0.2) is 0 Å². The van der Waals surface area contributed by atoms with E-state index in [-0.39, 0.29) is 11.8 Å². The Balaban J connectivity index is 1.50. The SMILES string of the molecule is CC1CCc2c(sc(NC(=O)C3CC3c3ccccc3)c2C#N)C1. The van der Waals surface area contributed by atoms with Crippen molar-refractivity contribution >= 4 is 22.2 Å². The number of rotatable bonds is 3. The highest BCUT2D eigenvalue weighted by atomic mass is 32.1. The molecular weight excluding hydrogens is 316 g/mol. The van der Waals surface area contributed by atoms with Crippen molar-refractivity contribution in [1.29, 1.82) is 5.26 Å². The average molecular weight is 336 g/mol. The third-order valence-electron chi connectivity index (χ3n) is 5.22. The molecule has 1 fully saturated rings. The molecular formula is C20H20N2OS. The summed E-state index contributed by atoms with van der Waals surface area (Å²) in [5, 5.41) is 13.3. The van der Waals surface area contributed by atoms with Gasteiger partial charge in [-0.3, -0.25) is 4.79 Å². The Kier molecular flexibility index (Phi) is 3.90. The van der Waals surface area contributed by atoms with Gasteiger partial charge in [-0.25, -0.2) is 0 Å². The van der Waals surface area contributed by atoms with Crippen molar-refractivity contribution in [3.05, 3.63) is 51.9 Å². The lowest BCUT2D eigenvalue weighted by Crippen LogP contribution is -2.14. The highest BCUT2D eigenvalue weighted by Gasteiger charge is 2.44. The van der Waals surface area contributed by atoms with Gasteiger partial charge in [0.25, 0.3) is 0 Å². The molecule has 3 atom stereocenters. The van der Waals surface area contributed by atoms with Crippen molar-refractivity contribution in [2.24, 2.45) is 11.8 Å². The van der Waals surface area contributed by atoms with Crippen LogP contribution < -0.4 is 5.32 Å². The lowest BCUT2D eigenvalue weighted by molar-refractivity contribution is -0.117. The van der Waals surface area contributed by atoms with E-state index in [9.17, 15) is 10.1 Å². The Morgan fingerprint density at radius 3 is 2.88 bits per heavy atom. The lowest BCUT2D eigenvalue weighted by atomic mass is 9.88. The van der Waals surface area contributed by atoms with E-state index in [1.54, 1.807) is 11.3 Å². The molecule has 0 saturated heterocycles. The Labute approximate surface area is 146 Å². The van der Waals surface area contributed by atoms with Crippen LogP contribution in [-0.4, -0.2) is 5.91 Å². The van der Waals surface area contributed by atoms with E-state index in [0.717, 1.165) is 30.7 Å². The third-order valence-corrected chi connectivity index (χ3v) is 6.38. The number of benzene rings is 1. The summed E-state index contributed by atoms with van der Waals surface area (Å²) in [4.78, 5) is 13.9. The maximum Gasteiger partial charge on any atom is 0.228 e. The number of anilines is 1. The molecule has 1 amide bonds. The second-order valence-corrected chi connectivity index (χ2v) is 8.12. The molecule has 0 bridgehead atoms. The van der Waals surface area contributed by atoms with Crippen LogP contribution in [0.5, 0.6) is 0 Å². The summed E-state index contributed by atoms with van der Waals surface area (Å²) < 4.78 is 0. The third kappa shape index (κ3) is 2.74. The zero-order chi connectivity index (χ0) is 16.7. The summed E-state index contributed by atoms with van der Waals surface area (Å²) in [5.41, 5.74) is 3.11. The zero-order valence-electron chi connectivity index (χ0n) is 13.7. The van der Waals surface area contributed by atoms with Gasteiger partial charge in [0.05, 0.1) is 5.56 Å². The van der Waals surface area contributed by atoms with Crippen molar-refractivity contribution in [1.82, 2.24) is 0 Å². The molecule has 2 aliphatic carbocycles. The van der Waals surface area contributed by atoms with Crippen molar-refractivity contribution < 1.29 is 4.79 Å². The summed E-state index contributed by atoms with van der Waals surface area (Å²) in [6, 6.07) is 12.5. The summed E-state index contributed by atoms with van der Waals surface area (Å²) in [6.07, 6.45) is 4.02. The average Bonchev–Trinajstić information content (AvgIpc) is 3.32. The second-order valence-electron chi connectivity index (χ2n) is 7.02. The molecule has 1 saturated carbocycles. The molecule has 2 aromatic rings. The molecule has 1 N–H and O–H groups in total. The fraction of sp³-hybridized carbons (Fsp3) is 0.400. The summed E-state index contributed by atoms with van der Waals surface area (Å²) in [6.45, 7) is 2.25. The minimum Gasteiger partial charge on any atom is -0.316 e. The summed E-state index contributed by atoms with van der Waals surface area (Å²) in [7, 11) is 0. The van der Waals surface area contributed by atoms with Crippen LogP contribution in [0.25, 0.3) is 0 Å². The van der Waals surface area contributed by atoms with Gasteiger partial charge >= 0.3 is 0 Å². The van der Waals surface area contributed by atoms with Crippen molar-refractivity contribution in [3.63, 3.8) is 0 Å². The number of nitrogens with zero attached hydrogens (tertiary/aromatic N) is 1. The largest absolute Gasteiger partial charge is 0.316 e. The van der Waals surface area contributed by atoms with Gasteiger partial charge in [0.2, 0.25) is 5.91 Å². The minimum absolute atomic E-state index is 0.0389. The minimum atomic E-state index is 0.0389. The topological polar surface area (TPSA) is 52.9 Å². The molecule has 3 unspecified atom stereocenters. The Morgan fingerprint density at radius 1 is 1.33 bits per heavy atom. The van der Waals surface area contributed by atoms with Crippen molar-refractivity contribution in [2.45, 2.75) is 38.5 Å². The van der Waals surface area contributed by atoms with Crippen LogP contribution >= 0.6 is 11.3 Å². The maximum atomic E-state index is 12.6. The first-order chi connectivity index (χ1) is 11.7. The fourth-order valence-corrected chi connectivity index (χ4v) is 5.08. The monoisotopic (exact) mass is 336 g/mol. The number of nitrogens with one attached hydrogen (secondary N) is 1. The van der Waals surface area contributed by atoms with Crippen LogP contribution in [-0.2, 0) is 17.6 Å². The maximum absolute atomic E-state index is 12.6. The fourth-order valence-electron chi connectivity index (χ4n) is 3.72. The van der Waals surface area contributed by atoms with E-state index in [2.05, 4.69) is 30.4 Å². The van der Waals surface area contributed by atoms with Gasteiger partial charge in [-0.05, 0) is 48.6 Å². The molecule has 1 heterocycles. The van der Waals surface area contributed by atoms with E-state index < -0.39 is 0 Å². The van der Waals surface area contributed by atoms with Crippen molar-refractivity contribution in [3.8, 4) is 6.07 Å². The predicted octanol–water partition coefficient (Wildman–Crippen LogP) is 4.49. The van der Waals surface area contributed by atoms with E-state index >= 15 is 0 Å². The molecule has 3 nitrogen and oxygen atoms in total. The van der Waals surface area contributed by atoms with Gasteiger partial charge < -0.3 is 5.32 Å². The Morgan fingerprint density at radius 2 is 2.12 bits per heavy atom. The van der Waals surface area contributed by atoms with Crippen LogP contribution in [0, 0.1) is 23.2 Å². The van der Waals surface area contributed by atoms with Crippen LogP contribution in [0.1, 0.15) is 47.3 Å². The van der Waals surface area contributed by atoms with Crippen LogP contribution in [0.3, 0.4) is 0 Å². The van der Waals surface area contributed by atoms with Gasteiger partial charge in [-0.15, -0.1) is 11.3 Å². The predicted molar refractivity (Wildman–Crippen MR) is 96.1 cm³/mol. The van der Waals surface area contributed by atoms with E-state index in [1.807, 2.05) is 18.2 Å². The number of hydrogen-bond donors (Lipinski definition) is 1. The highest BCUT2D eigenvalue weighted by molar-refractivity contribution is 7.16. The van der Waals surface area contributed by atoms with Gasteiger partial charge in [0, 0.05) is 10.8 Å². The molecule has 0 spiro atoms. The second kappa shape index (κ2) is 6.07. The Bertz CT molecular complexity index is 818. The normalized spacial score (nSPS) is 24.8. The summed E-state index contributed by atoms with van der Waals surface area (Å²) in [5.74, 6) is 1.09. The highest BCUT2D eigenvalue weighted by Crippen LogP contribution is 2.48. The van der Waals surface area contributed by atoms with Crippen molar-refractivity contribution in [2.75, 3.05) is 5.32 Å². The first-order valence-electron chi connectivity index (χ1n) is 8.57. The zero-order valence-corrected chi connectivity index (χ0v) is 14.5. The van der Waals surface area contributed by atoms with Gasteiger partial charge in [0.1, 0.15) is 11.1 Å². The first-order valence-corrected chi connectivity index (χ1v) is 9.39. The molecule has 0 aliphatic heterocycles. The molecule has 4 rings (SSSR count). The first kappa shape index (κ1) is 15.4. The van der Waals surface area contributed by atoms with Gasteiger partial charge in [-0.1, -0.05) is 37.3 Å². The molecule has 1 aromatic heterocycles. The van der Waals surface area contributed by atoms with E-state index in [0.29, 0.717) is 17.4 Å². The molecule has 122 valence electrons. The molecule has 1 aromatic carbocycles. The molecule has 2 aliphatic rings. The number of carbonyl (C=O) groups excluding carboxylic acids is 1. The van der Waals surface area contributed by atoms with Gasteiger partial charge in [-0.2, -0.15) is 5.26 Å². The number of amides is 1. The standard InChI is InChI=1S/C20H20N2OS/c1-12-7-8-14-17(11-21)20(24-18(14)9-12)22-19(23)16-10-15(16)13-5-3-2-4-6-13/h2-6,12,15-16H,7-10H2,1H3,(H,22,23). The number of hydrogen-bond acceptors (Lipinski definition) is 3. The number of carbonyl (C=O) groups is 1. The van der Waals surface area contributed by atoms with Crippen LogP contribution in [0.4, 0.5) is 5.00 Å². The summed E-state index contributed by atoms with van der Waals surface area (Å²) >= 11 is 1.61. The van der Waals surface area contributed by atoms with E-state index in [4.69, 9.17) is 0 Å². The Hall–Kier alpha value is -2.12. The van der Waals surface area contributed by atoms with Crippen LogP contribution in [0.2, 0.25) is 0 Å². The number of nitriles is 1. The number of fused-ring (bicyclic) bond motifs is 1. The number of thiophene rings is 1. The van der Waals surface area contributed by atoms with Crippen LogP contribution in [0.15, 0.2) is 30.3 Å². The van der Waals surface area contributed by atoms with E-state index in [1.165, 1.54) is 16.0 Å².